The van der Waals surface area contributed by atoms with E-state index in [0.717, 1.165) is 10.8 Å². The first-order valence-electron chi connectivity index (χ1n) is 17.8. The highest BCUT2D eigenvalue weighted by atomic mass is 35.5. The highest BCUT2D eigenvalue weighted by molar-refractivity contribution is 6.28. The molecule has 0 aliphatic rings. The lowest BCUT2D eigenvalue weighted by molar-refractivity contribution is 1.07. The molecule has 0 radical (unpaired) electrons. The maximum absolute atomic E-state index is 8.62. The van der Waals surface area contributed by atoms with Gasteiger partial charge in [0.15, 0.2) is 11.6 Å². The molecule has 6 aromatic carbocycles. The molecule has 0 aliphatic heterocycles. The summed E-state index contributed by atoms with van der Waals surface area (Å²) in [4.78, 5) is 13.2. The largest absolute Gasteiger partial charge is 0.226 e. The van der Waals surface area contributed by atoms with Crippen molar-refractivity contribution >= 4 is 33.1 Å². The van der Waals surface area contributed by atoms with E-state index >= 15 is 0 Å². The van der Waals surface area contributed by atoms with E-state index < -0.39 is 54.4 Å². The summed E-state index contributed by atoms with van der Waals surface area (Å²) in [5.74, 6) is 0.500. The van der Waals surface area contributed by atoms with Crippen molar-refractivity contribution < 1.29 is 16.4 Å². The van der Waals surface area contributed by atoms with Gasteiger partial charge < -0.3 is 0 Å². The Kier molecular flexibility index (Phi) is 3.46. The Hall–Kier alpha value is -4.86. The van der Waals surface area contributed by atoms with E-state index in [-0.39, 0.29) is 57.0 Å². The first kappa shape index (κ1) is 13.8. The fourth-order valence-electron chi connectivity index (χ4n) is 4.36. The molecule has 0 amide bonds. The second kappa shape index (κ2) is 9.79. The molecule has 0 saturated carbocycles. The van der Waals surface area contributed by atoms with E-state index in [4.69, 9.17) is 28.1 Å². The van der Waals surface area contributed by atoms with Crippen molar-refractivity contribution in [3.63, 3.8) is 0 Å². The quantitative estimate of drug-likeness (QED) is 0.227. The van der Waals surface area contributed by atoms with Crippen molar-refractivity contribution in [2.45, 2.75) is 0 Å². The number of fused-ring (bicyclic) bond motifs is 2. The summed E-state index contributed by atoms with van der Waals surface area (Å²) in [6.45, 7) is 0. The molecule has 1 heterocycles. The van der Waals surface area contributed by atoms with E-state index in [9.17, 15) is 0 Å². The minimum Gasteiger partial charge on any atom is -0.208 e. The van der Waals surface area contributed by atoms with Crippen molar-refractivity contribution in [1.29, 1.82) is 0 Å². The number of benzene rings is 6. The van der Waals surface area contributed by atoms with E-state index in [0.29, 0.717) is 22.3 Å². The molecular weight excluding hydrogens is 498 g/mol. The van der Waals surface area contributed by atoms with Crippen molar-refractivity contribution in [2.75, 3.05) is 0 Å². The average Bonchev–Trinajstić information content (AvgIpc) is 3.13. The SMILES string of the molecule is [2H]c1c([2H])c([2H])c(-c2ccc3cc(-c4nc(Cl)nc(-c5ccc(-c6c([2H])c([2H])c([2H])c7c([2H])c([2H])c([2H])c([2H])c67)cc5)n4)ccc3c2)c([2H])c1[2H]. The maximum atomic E-state index is 8.62. The normalized spacial score (nSPS) is 15.5. The third kappa shape index (κ3) is 4.54. The van der Waals surface area contributed by atoms with Gasteiger partial charge in [-0.2, -0.15) is 9.97 Å². The predicted molar refractivity (Wildman–Crippen MR) is 162 cm³/mol. The molecule has 39 heavy (non-hydrogen) atoms. The smallest absolute Gasteiger partial charge is 0.208 e. The lowest BCUT2D eigenvalue weighted by Crippen LogP contribution is -1.97. The number of rotatable bonds is 4. The summed E-state index contributed by atoms with van der Waals surface area (Å²) in [6, 6.07) is 12.2. The third-order valence-electron chi connectivity index (χ3n) is 6.24. The van der Waals surface area contributed by atoms with Crippen molar-refractivity contribution in [1.82, 2.24) is 15.0 Å². The van der Waals surface area contributed by atoms with Crippen molar-refractivity contribution in [3.05, 3.63) is 138 Å². The monoisotopic (exact) mass is 531 g/mol. The molecule has 7 rings (SSSR count). The third-order valence-corrected chi connectivity index (χ3v) is 6.41. The van der Waals surface area contributed by atoms with Crippen LogP contribution in [0.2, 0.25) is 5.28 Å². The summed E-state index contributed by atoms with van der Waals surface area (Å²) in [7, 11) is 0. The molecule has 1 aromatic heterocycles. The van der Waals surface area contributed by atoms with Crippen LogP contribution in [0.4, 0.5) is 0 Å². The van der Waals surface area contributed by atoms with Gasteiger partial charge in [-0.25, -0.2) is 4.98 Å². The van der Waals surface area contributed by atoms with Crippen LogP contribution in [0.25, 0.3) is 66.6 Å². The van der Waals surface area contributed by atoms with Crippen LogP contribution in [0, 0.1) is 0 Å². The van der Waals surface area contributed by atoms with Crippen molar-refractivity contribution in [2.24, 2.45) is 0 Å². The number of hydrogen-bond donors (Lipinski definition) is 0. The summed E-state index contributed by atoms with van der Waals surface area (Å²) < 4.78 is 99.0. The molecule has 0 aliphatic carbocycles. The van der Waals surface area contributed by atoms with Gasteiger partial charge in [0.25, 0.3) is 0 Å². The maximum Gasteiger partial charge on any atom is 0.226 e. The minimum atomic E-state index is -0.522. The van der Waals surface area contributed by atoms with Crippen LogP contribution in [-0.4, -0.2) is 15.0 Å². The average molecular weight is 532 g/mol. The number of hydrogen-bond acceptors (Lipinski definition) is 3. The number of nitrogens with zero attached hydrogens (tertiary/aromatic N) is 3. The molecule has 0 fully saturated rings. The standard InChI is InChI=1S/C35H22ClN3/c36-35-38-33(26-15-13-25(14-16-26)32-12-6-10-24-9-4-5-11-31(24)32)37-34(39-35)30-20-19-28-21-27(17-18-29(28)22-30)23-7-2-1-3-8-23/h1-22H/i1D,2D,3D,4D,5D,6D,7D,8D,9D,10D,11D,12D. The second-order valence-electron chi connectivity index (χ2n) is 8.61. The fraction of sp³-hybridized carbons (Fsp3) is 0. The van der Waals surface area contributed by atoms with E-state index in [1.807, 2.05) is 6.07 Å². The van der Waals surface area contributed by atoms with Gasteiger partial charge in [-0.15, -0.1) is 0 Å². The van der Waals surface area contributed by atoms with Gasteiger partial charge in [-0.05, 0) is 67.5 Å². The van der Waals surface area contributed by atoms with Crippen molar-refractivity contribution in [3.8, 4) is 45.0 Å². The Morgan fingerprint density at radius 2 is 1.05 bits per heavy atom. The fourth-order valence-corrected chi connectivity index (χ4v) is 4.52. The number of halogens is 1. The van der Waals surface area contributed by atoms with Gasteiger partial charge in [-0.1, -0.05) is 121 Å². The zero-order chi connectivity index (χ0) is 36.6. The van der Waals surface area contributed by atoms with Gasteiger partial charge >= 0.3 is 0 Å². The van der Waals surface area contributed by atoms with E-state index in [2.05, 4.69) is 15.0 Å². The molecule has 0 saturated heterocycles. The van der Waals surface area contributed by atoms with Crippen LogP contribution in [0.15, 0.2) is 133 Å². The summed E-state index contributed by atoms with van der Waals surface area (Å²) in [5, 5.41) is 1.31. The molecule has 7 aromatic rings. The lowest BCUT2D eigenvalue weighted by Gasteiger charge is -2.09. The molecule has 184 valence electrons. The Balaban J connectivity index is 1.27. The van der Waals surface area contributed by atoms with E-state index in [1.165, 1.54) is 0 Å². The summed E-state index contributed by atoms with van der Waals surface area (Å²) in [6.07, 6.45) is 0. The summed E-state index contributed by atoms with van der Waals surface area (Å²) in [5.41, 5.74) is 2.21. The Morgan fingerprint density at radius 1 is 0.462 bits per heavy atom. The molecule has 0 N–H and O–H groups in total. The van der Waals surface area contributed by atoms with Gasteiger partial charge in [0.2, 0.25) is 5.28 Å². The first-order chi connectivity index (χ1) is 24.2. The van der Waals surface area contributed by atoms with Crippen LogP contribution in [0.3, 0.4) is 0 Å². The Bertz CT molecular complexity index is 2590. The van der Waals surface area contributed by atoms with Gasteiger partial charge in [0.05, 0.1) is 16.4 Å². The molecule has 4 heteroatoms. The Morgan fingerprint density at radius 3 is 1.85 bits per heavy atom. The van der Waals surface area contributed by atoms with Crippen LogP contribution in [-0.2, 0) is 0 Å². The predicted octanol–water partition coefficient (Wildman–Crippen LogP) is 9.50. The highest BCUT2D eigenvalue weighted by Crippen LogP contribution is 2.31. The van der Waals surface area contributed by atoms with Crippen LogP contribution in [0.1, 0.15) is 16.4 Å². The van der Waals surface area contributed by atoms with Gasteiger partial charge in [0.1, 0.15) is 0 Å². The molecule has 3 nitrogen and oxygen atoms in total. The second-order valence-corrected chi connectivity index (χ2v) is 8.94. The molecule has 0 atom stereocenters. The van der Waals surface area contributed by atoms with Gasteiger partial charge in [-0.3, -0.25) is 0 Å². The van der Waals surface area contributed by atoms with Crippen LogP contribution in [0.5, 0.6) is 0 Å². The molecular formula is C35H22ClN3. The minimum absolute atomic E-state index is 0.0121. The topological polar surface area (TPSA) is 38.7 Å². The Labute approximate surface area is 248 Å². The molecule has 0 unspecified atom stereocenters. The van der Waals surface area contributed by atoms with Crippen LogP contribution < -0.4 is 0 Å². The lowest BCUT2D eigenvalue weighted by atomic mass is 9.97. The van der Waals surface area contributed by atoms with Crippen LogP contribution >= 0.6 is 11.6 Å². The first-order valence-corrected chi connectivity index (χ1v) is 12.2. The van der Waals surface area contributed by atoms with Gasteiger partial charge in [0, 0.05) is 11.1 Å². The summed E-state index contributed by atoms with van der Waals surface area (Å²) >= 11 is 6.35. The molecule has 0 spiro atoms. The zero-order valence-electron chi connectivity index (χ0n) is 32.0. The zero-order valence-corrected chi connectivity index (χ0v) is 20.7. The number of aromatic nitrogens is 3. The van der Waals surface area contributed by atoms with E-state index in [1.54, 1.807) is 54.6 Å². The highest BCUT2D eigenvalue weighted by Gasteiger charge is 2.12. The molecule has 0 bridgehead atoms.